The van der Waals surface area contributed by atoms with Crippen molar-refractivity contribution in [2.75, 3.05) is 43.6 Å². The van der Waals surface area contributed by atoms with Crippen LogP contribution in [0, 0.1) is 0 Å². The Labute approximate surface area is 196 Å². The first-order chi connectivity index (χ1) is 15.6. The van der Waals surface area contributed by atoms with Crippen molar-refractivity contribution in [2.24, 2.45) is 0 Å². The van der Waals surface area contributed by atoms with E-state index in [1.807, 2.05) is 0 Å². The molecule has 0 aliphatic carbocycles. The minimum absolute atomic E-state index is 0.0562. The molecule has 33 heavy (non-hydrogen) atoms. The highest BCUT2D eigenvalue weighted by Crippen LogP contribution is 2.37. The van der Waals surface area contributed by atoms with Gasteiger partial charge in [0, 0.05) is 18.8 Å². The van der Waals surface area contributed by atoms with Crippen LogP contribution in [0.15, 0.2) is 30.3 Å². The zero-order valence-corrected chi connectivity index (χ0v) is 18.9. The summed E-state index contributed by atoms with van der Waals surface area (Å²) >= 11 is 6.85. The molecule has 0 radical (unpaired) electrons. The van der Waals surface area contributed by atoms with Gasteiger partial charge in [0.15, 0.2) is 0 Å². The molecule has 3 N–H and O–H groups in total. The van der Waals surface area contributed by atoms with Gasteiger partial charge < -0.3 is 25.6 Å². The van der Waals surface area contributed by atoms with E-state index in [9.17, 15) is 27.6 Å². The quantitative estimate of drug-likeness (QED) is 0.538. The van der Waals surface area contributed by atoms with Crippen molar-refractivity contribution >= 4 is 52.0 Å². The average Bonchev–Trinajstić information content (AvgIpc) is 3.20. The third-order valence-electron chi connectivity index (χ3n) is 4.79. The first-order valence-corrected chi connectivity index (χ1v) is 10.9. The summed E-state index contributed by atoms with van der Waals surface area (Å²) in [4.78, 5) is 38.3. The van der Waals surface area contributed by atoms with Crippen LogP contribution in [0.25, 0.3) is 0 Å². The lowest BCUT2D eigenvalue weighted by Crippen LogP contribution is -2.47. The smallest absolute Gasteiger partial charge is 0.370 e. The first kappa shape index (κ1) is 25.0. The van der Waals surface area contributed by atoms with Crippen LogP contribution >= 0.6 is 22.9 Å². The fraction of sp³-hybridized carbons (Fsp3) is 0.350. The molecule has 1 fully saturated rings. The molecule has 13 heteroatoms. The second-order valence-electron chi connectivity index (χ2n) is 6.97. The first-order valence-electron chi connectivity index (χ1n) is 9.71. The summed E-state index contributed by atoms with van der Waals surface area (Å²) in [6.45, 7) is -0.0525. The van der Waals surface area contributed by atoms with Crippen molar-refractivity contribution in [1.82, 2.24) is 10.6 Å². The number of anilines is 2. The van der Waals surface area contributed by atoms with Crippen LogP contribution in [0.2, 0.25) is 4.34 Å². The molecule has 3 rings (SSSR count). The molecule has 3 amide bonds. The number of morpholine rings is 1. The lowest BCUT2D eigenvalue weighted by molar-refractivity contribution is -0.137. The number of ether oxygens (including phenoxy) is 1. The number of rotatable bonds is 7. The second kappa shape index (κ2) is 10.5. The van der Waals surface area contributed by atoms with E-state index in [-0.39, 0.29) is 32.0 Å². The minimum atomic E-state index is -4.78. The van der Waals surface area contributed by atoms with Gasteiger partial charge in [0.25, 0.3) is 11.8 Å². The Hall–Kier alpha value is -2.67. The number of amides is 3. The molecular formula is C20H20ClF3N4O4S. The minimum Gasteiger partial charge on any atom is -0.370 e. The van der Waals surface area contributed by atoms with Crippen molar-refractivity contribution in [1.29, 1.82) is 0 Å². The van der Waals surface area contributed by atoms with E-state index < -0.39 is 41.2 Å². The standard InChI is InChI=1S/C20H20ClF3N4O4S/c1-25-14(9-26-19(31)15-4-5-16(21)33-15)18(30)27-13-3-2-11(8-12(13)20(22,23)24)28-6-7-32-10-17(28)29/h2-5,8,14,25H,6-7,9-10H2,1H3,(H,26,31)(H,27,30)/t14-/m1/s1. The topological polar surface area (TPSA) is 99.8 Å². The summed E-state index contributed by atoms with van der Waals surface area (Å²) in [7, 11) is 1.44. The Balaban J connectivity index is 1.73. The molecule has 0 saturated carbocycles. The molecule has 1 aliphatic heterocycles. The van der Waals surface area contributed by atoms with E-state index in [2.05, 4.69) is 16.0 Å². The largest absolute Gasteiger partial charge is 0.418 e. The van der Waals surface area contributed by atoms with Gasteiger partial charge in [0.1, 0.15) is 12.6 Å². The Morgan fingerprint density at radius 2 is 2.03 bits per heavy atom. The van der Waals surface area contributed by atoms with E-state index in [0.717, 1.165) is 23.5 Å². The molecule has 2 aromatic rings. The summed E-state index contributed by atoms with van der Waals surface area (Å²) < 4.78 is 46.5. The van der Waals surface area contributed by atoms with Crippen LogP contribution < -0.4 is 20.9 Å². The Morgan fingerprint density at radius 3 is 2.64 bits per heavy atom. The second-order valence-corrected chi connectivity index (χ2v) is 8.68. The molecule has 178 valence electrons. The third-order valence-corrected chi connectivity index (χ3v) is 6.02. The highest BCUT2D eigenvalue weighted by atomic mass is 35.5. The molecule has 1 aliphatic rings. The Kier molecular flexibility index (Phi) is 7.95. The third kappa shape index (κ3) is 6.22. The summed E-state index contributed by atoms with van der Waals surface area (Å²) in [5.41, 5.74) is -1.51. The van der Waals surface area contributed by atoms with Gasteiger partial charge in [0.05, 0.1) is 27.1 Å². The van der Waals surface area contributed by atoms with Crippen LogP contribution in [0.5, 0.6) is 0 Å². The molecule has 1 saturated heterocycles. The van der Waals surface area contributed by atoms with E-state index in [4.69, 9.17) is 16.3 Å². The van der Waals surface area contributed by atoms with Gasteiger partial charge in [0.2, 0.25) is 5.91 Å². The maximum atomic E-state index is 13.7. The highest BCUT2D eigenvalue weighted by molar-refractivity contribution is 7.18. The van der Waals surface area contributed by atoms with Crippen molar-refractivity contribution in [3.8, 4) is 0 Å². The molecule has 1 aromatic carbocycles. The molecule has 2 heterocycles. The number of likely N-dealkylation sites (N-methyl/N-ethyl adjacent to an activating group) is 1. The predicted octanol–water partition coefficient (Wildman–Crippen LogP) is 2.74. The SMILES string of the molecule is CN[C@H](CNC(=O)c1ccc(Cl)s1)C(=O)Nc1ccc(N2CCOCC2=O)cc1C(F)(F)F. The van der Waals surface area contributed by atoms with Crippen LogP contribution in [0.4, 0.5) is 24.5 Å². The summed E-state index contributed by atoms with van der Waals surface area (Å²) in [6.07, 6.45) is -4.78. The number of nitrogens with one attached hydrogen (secondary N) is 3. The maximum Gasteiger partial charge on any atom is 0.418 e. The number of hydrogen-bond donors (Lipinski definition) is 3. The van der Waals surface area contributed by atoms with Gasteiger partial charge in [-0.05, 0) is 37.4 Å². The number of carbonyl (C=O) groups excluding carboxylic acids is 3. The van der Waals surface area contributed by atoms with Crippen molar-refractivity contribution in [2.45, 2.75) is 12.2 Å². The Morgan fingerprint density at radius 1 is 1.27 bits per heavy atom. The van der Waals surface area contributed by atoms with Gasteiger partial charge >= 0.3 is 6.18 Å². The van der Waals surface area contributed by atoms with Gasteiger partial charge in [-0.3, -0.25) is 14.4 Å². The van der Waals surface area contributed by atoms with Gasteiger partial charge in [-0.2, -0.15) is 13.2 Å². The number of halogens is 4. The number of thiophene rings is 1. The number of benzene rings is 1. The van der Waals surface area contributed by atoms with Gasteiger partial charge in [-0.25, -0.2) is 0 Å². The average molecular weight is 505 g/mol. The predicted molar refractivity (Wildman–Crippen MR) is 118 cm³/mol. The van der Waals surface area contributed by atoms with E-state index >= 15 is 0 Å². The number of nitrogens with zero attached hydrogens (tertiary/aromatic N) is 1. The fourth-order valence-corrected chi connectivity index (χ4v) is 4.06. The molecule has 1 aromatic heterocycles. The summed E-state index contributed by atoms with van der Waals surface area (Å²) in [5.74, 6) is -1.69. The van der Waals surface area contributed by atoms with Gasteiger partial charge in [-0.15, -0.1) is 11.3 Å². The van der Waals surface area contributed by atoms with Crippen molar-refractivity contribution < 1.29 is 32.3 Å². The fourth-order valence-electron chi connectivity index (χ4n) is 3.10. The lowest BCUT2D eigenvalue weighted by Gasteiger charge is -2.28. The highest BCUT2D eigenvalue weighted by Gasteiger charge is 2.36. The van der Waals surface area contributed by atoms with Crippen molar-refractivity contribution in [3.05, 3.63) is 45.1 Å². The van der Waals surface area contributed by atoms with E-state index in [1.54, 1.807) is 6.07 Å². The lowest BCUT2D eigenvalue weighted by atomic mass is 10.1. The molecule has 0 bridgehead atoms. The zero-order chi connectivity index (χ0) is 24.2. The molecule has 0 unspecified atom stereocenters. The zero-order valence-electron chi connectivity index (χ0n) is 17.3. The van der Waals surface area contributed by atoms with Crippen LogP contribution in [0.1, 0.15) is 15.2 Å². The van der Waals surface area contributed by atoms with Crippen molar-refractivity contribution in [3.63, 3.8) is 0 Å². The van der Waals surface area contributed by atoms with Crippen LogP contribution in [-0.2, 0) is 20.5 Å². The number of carbonyl (C=O) groups is 3. The van der Waals surface area contributed by atoms with Gasteiger partial charge in [-0.1, -0.05) is 11.6 Å². The molecule has 8 nitrogen and oxygen atoms in total. The molecule has 1 atom stereocenters. The number of hydrogen-bond acceptors (Lipinski definition) is 6. The van der Waals surface area contributed by atoms with E-state index in [0.29, 0.717) is 9.21 Å². The Bertz CT molecular complexity index is 1050. The summed E-state index contributed by atoms with van der Waals surface area (Å²) in [5, 5.41) is 7.46. The maximum absolute atomic E-state index is 13.7. The summed E-state index contributed by atoms with van der Waals surface area (Å²) in [6, 6.07) is 5.30. The molecular weight excluding hydrogens is 485 g/mol. The number of alkyl halides is 3. The monoisotopic (exact) mass is 504 g/mol. The van der Waals surface area contributed by atoms with E-state index in [1.165, 1.54) is 24.1 Å². The normalized spacial score (nSPS) is 15.3. The molecule has 0 spiro atoms. The van der Waals surface area contributed by atoms with Crippen LogP contribution in [0.3, 0.4) is 0 Å². The van der Waals surface area contributed by atoms with Crippen LogP contribution in [-0.4, -0.2) is 57.1 Å².